The quantitative estimate of drug-likeness (QED) is 0.744. The molecule has 2 aromatic heterocycles. The first-order valence-electron chi connectivity index (χ1n) is 5.60. The molecule has 0 aliphatic heterocycles. The van der Waals surface area contributed by atoms with Crippen molar-refractivity contribution < 1.29 is 8.94 Å². The Morgan fingerprint density at radius 3 is 2.78 bits per heavy atom. The van der Waals surface area contributed by atoms with Crippen molar-refractivity contribution in [2.75, 3.05) is 5.73 Å². The van der Waals surface area contributed by atoms with Crippen molar-refractivity contribution in [3.63, 3.8) is 0 Å². The Kier molecular flexibility index (Phi) is 2.41. The molecule has 0 spiro atoms. The largest absolute Gasteiger partial charge is 0.472 e. The first-order valence-corrected chi connectivity index (χ1v) is 5.60. The fraction of sp³-hybridized carbons (Fsp3) is 0.0714. The normalized spacial score (nSPS) is 10.7. The molecular formula is C14H12N2O2. The number of anilines is 1. The summed E-state index contributed by atoms with van der Waals surface area (Å²) in [6.45, 7) is 2.03. The van der Waals surface area contributed by atoms with E-state index in [-0.39, 0.29) is 0 Å². The van der Waals surface area contributed by atoms with Crippen LogP contribution in [0.2, 0.25) is 0 Å². The topological polar surface area (TPSA) is 65.2 Å². The fourth-order valence-corrected chi connectivity index (χ4v) is 1.97. The molecular weight excluding hydrogens is 228 g/mol. The number of nitrogens with zero attached hydrogens (tertiary/aromatic N) is 1. The van der Waals surface area contributed by atoms with Gasteiger partial charge in [0.15, 0.2) is 11.6 Å². The number of aryl methyl sites for hydroxylation is 1. The van der Waals surface area contributed by atoms with Crippen LogP contribution in [0, 0.1) is 6.92 Å². The third kappa shape index (κ3) is 1.68. The summed E-state index contributed by atoms with van der Waals surface area (Å²) in [5, 5.41) is 3.84. The van der Waals surface area contributed by atoms with Gasteiger partial charge in [-0.3, -0.25) is 0 Å². The average Bonchev–Trinajstić information content (AvgIpc) is 2.97. The highest BCUT2D eigenvalue weighted by molar-refractivity contribution is 5.86. The molecule has 18 heavy (non-hydrogen) atoms. The molecule has 90 valence electrons. The maximum Gasteiger partial charge on any atom is 0.180 e. The molecule has 0 fully saturated rings. The molecule has 4 nitrogen and oxygen atoms in total. The van der Waals surface area contributed by atoms with Gasteiger partial charge in [0.2, 0.25) is 0 Å². The van der Waals surface area contributed by atoms with Gasteiger partial charge in [-0.1, -0.05) is 35.0 Å². The predicted molar refractivity (Wildman–Crippen MR) is 68.8 cm³/mol. The van der Waals surface area contributed by atoms with Crippen molar-refractivity contribution in [3.05, 3.63) is 48.4 Å². The second-order valence-electron chi connectivity index (χ2n) is 4.15. The lowest BCUT2D eigenvalue weighted by Crippen LogP contribution is -1.88. The summed E-state index contributed by atoms with van der Waals surface area (Å²) in [6, 6.07) is 9.87. The van der Waals surface area contributed by atoms with Crippen molar-refractivity contribution >= 4 is 5.82 Å². The molecule has 0 saturated carbocycles. The summed E-state index contributed by atoms with van der Waals surface area (Å²) < 4.78 is 10.4. The Hall–Kier alpha value is -2.49. The minimum Gasteiger partial charge on any atom is -0.472 e. The SMILES string of the molecule is Cc1cccc(-c2c(N)noc2-c2ccoc2)c1. The highest BCUT2D eigenvalue weighted by Gasteiger charge is 2.18. The Morgan fingerprint density at radius 1 is 1.17 bits per heavy atom. The lowest BCUT2D eigenvalue weighted by Gasteiger charge is -2.02. The van der Waals surface area contributed by atoms with Gasteiger partial charge in [0.1, 0.15) is 6.26 Å². The third-order valence-electron chi connectivity index (χ3n) is 2.81. The molecule has 2 heterocycles. The zero-order valence-electron chi connectivity index (χ0n) is 9.88. The van der Waals surface area contributed by atoms with Crippen LogP contribution in [0.3, 0.4) is 0 Å². The number of aromatic nitrogens is 1. The molecule has 0 unspecified atom stereocenters. The summed E-state index contributed by atoms with van der Waals surface area (Å²) >= 11 is 0. The van der Waals surface area contributed by atoms with Crippen LogP contribution in [0.1, 0.15) is 5.56 Å². The molecule has 0 saturated heterocycles. The van der Waals surface area contributed by atoms with Gasteiger partial charge in [-0.25, -0.2) is 0 Å². The Balaban J connectivity index is 2.20. The monoisotopic (exact) mass is 240 g/mol. The number of rotatable bonds is 2. The second kappa shape index (κ2) is 4.07. The van der Waals surface area contributed by atoms with Crippen LogP contribution in [-0.4, -0.2) is 5.16 Å². The lowest BCUT2D eigenvalue weighted by atomic mass is 10.0. The van der Waals surface area contributed by atoms with Gasteiger partial charge in [-0.2, -0.15) is 0 Å². The van der Waals surface area contributed by atoms with Crippen molar-refractivity contribution in [2.45, 2.75) is 6.92 Å². The highest BCUT2D eigenvalue weighted by atomic mass is 16.5. The summed E-state index contributed by atoms with van der Waals surface area (Å²) in [6.07, 6.45) is 3.20. The summed E-state index contributed by atoms with van der Waals surface area (Å²) in [7, 11) is 0. The maximum atomic E-state index is 5.89. The van der Waals surface area contributed by atoms with Crippen molar-refractivity contribution in [1.29, 1.82) is 0 Å². The van der Waals surface area contributed by atoms with Crippen LogP contribution in [0.15, 0.2) is 51.8 Å². The number of hydrogen-bond donors (Lipinski definition) is 1. The number of nitrogen functional groups attached to an aromatic ring is 1. The van der Waals surface area contributed by atoms with Crippen LogP contribution in [0.5, 0.6) is 0 Å². The van der Waals surface area contributed by atoms with Crippen LogP contribution in [0.25, 0.3) is 22.5 Å². The standard InChI is InChI=1S/C14H12N2O2/c1-9-3-2-4-10(7-9)12-13(18-16-14(12)15)11-5-6-17-8-11/h2-8H,1H3,(H2,15,16). The highest BCUT2D eigenvalue weighted by Crippen LogP contribution is 2.36. The van der Waals surface area contributed by atoms with E-state index in [1.54, 1.807) is 12.5 Å². The van der Waals surface area contributed by atoms with E-state index in [9.17, 15) is 0 Å². The van der Waals surface area contributed by atoms with Gasteiger partial charge in [0.05, 0.1) is 17.4 Å². The van der Waals surface area contributed by atoms with E-state index >= 15 is 0 Å². The van der Waals surface area contributed by atoms with Crippen molar-refractivity contribution in [3.8, 4) is 22.5 Å². The number of furan rings is 1. The molecule has 0 radical (unpaired) electrons. The first-order chi connectivity index (χ1) is 8.75. The predicted octanol–water partition coefficient (Wildman–Crippen LogP) is 3.49. The van der Waals surface area contributed by atoms with E-state index in [1.807, 2.05) is 37.3 Å². The third-order valence-corrected chi connectivity index (χ3v) is 2.81. The first kappa shape index (κ1) is 10.7. The molecule has 0 amide bonds. The average molecular weight is 240 g/mol. The number of benzene rings is 1. The Bertz CT molecular complexity index is 669. The summed E-state index contributed by atoms with van der Waals surface area (Å²) in [4.78, 5) is 0. The van der Waals surface area contributed by atoms with Gasteiger partial charge in [-0.15, -0.1) is 0 Å². The van der Waals surface area contributed by atoms with Gasteiger partial charge in [-0.05, 0) is 18.6 Å². The molecule has 4 heteroatoms. The van der Waals surface area contributed by atoms with E-state index in [0.717, 1.165) is 22.3 Å². The second-order valence-corrected chi connectivity index (χ2v) is 4.15. The molecule has 0 atom stereocenters. The maximum absolute atomic E-state index is 5.89. The van der Waals surface area contributed by atoms with Gasteiger partial charge in [0.25, 0.3) is 0 Å². The summed E-state index contributed by atoms with van der Waals surface area (Å²) in [5.41, 5.74) is 9.68. The van der Waals surface area contributed by atoms with Gasteiger partial charge >= 0.3 is 0 Å². The van der Waals surface area contributed by atoms with E-state index < -0.39 is 0 Å². The van der Waals surface area contributed by atoms with Crippen molar-refractivity contribution in [2.24, 2.45) is 0 Å². The molecule has 3 aromatic rings. The van der Waals surface area contributed by atoms with Crippen LogP contribution >= 0.6 is 0 Å². The van der Waals surface area contributed by atoms with E-state index in [0.29, 0.717) is 11.6 Å². The smallest absolute Gasteiger partial charge is 0.180 e. The Morgan fingerprint density at radius 2 is 2.06 bits per heavy atom. The van der Waals surface area contributed by atoms with Gasteiger partial charge in [0, 0.05) is 0 Å². The van der Waals surface area contributed by atoms with Gasteiger partial charge < -0.3 is 14.7 Å². The zero-order valence-corrected chi connectivity index (χ0v) is 9.88. The van der Waals surface area contributed by atoms with E-state index in [1.165, 1.54) is 0 Å². The molecule has 0 bridgehead atoms. The molecule has 3 rings (SSSR count). The van der Waals surface area contributed by atoms with E-state index in [4.69, 9.17) is 14.7 Å². The fourth-order valence-electron chi connectivity index (χ4n) is 1.97. The minimum absolute atomic E-state index is 0.386. The molecule has 0 aliphatic rings. The van der Waals surface area contributed by atoms with E-state index in [2.05, 4.69) is 5.16 Å². The van der Waals surface area contributed by atoms with Crippen LogP contribution < -0.4 is 5.73 Å². The van der Waals surface area contributed by atoms with Crippen LogP contribution in [-0.2, 0) is 0 Å². The number of nitrogens with two attached hydrogens (primary N) is 1. The summed E-state index contributed by atoms with van der Waals surface area (Å²) in [5.74, 6) is 1.02. The van der Waals surface area contributed by atoms with Crippen LogP contribution in [0.4, 0.5) is 5.82 Å². The molecule has 0 aliphatic carbocycles. The minimum atomic E-state index is 0.386. The van der Waals surface area contributed by atoms with Crippen molar-refractivity contribution in [1.82, 2.24) is 5.16 Å². The Labute approximate surface area is 104 Å². The lowest BCUT2D eigenvalue weighted by molar-refractivity contribution is 0.435. The molecule has 1 aromatic carbocycles. The number of hydrogen-bond acceptors (Lipinski definition) is 4. The zero-order chi connectivity index (χ0) is 12.5. The molecule has 2 N–H and O–H groups in total.